The SMILES string of the molecule is CC(C)(C)c1cc(C=Nc2ccc(-c3ccc(N=Cc4cc(C(C)(C)C)cc(CN5CCCCC5)c4O)cc3)cc2)c(O)c(CN2CCCCC2)c1. The molecular weight excluding hydrogens is 641 g/mol. The number of aromatic hydroxyl groups is 2. The molecule has 4 aromatic rings. The lowest BCUT2D eigenvalue weighted by Crippen LogP contribution is -2.29. The number of hydrogen-bond donors (Lipinski definition) is 2. The van der Waals surface area contributed by atoms with E-state index in [1.165, 1.54) is 49.7 Å². The summed E-state index contributed by atoms with van der Waals surface area (Å²) in [5.41, 5.74) is 9.66. The second kappa shape index (κ2) is 16.2. The van der Waals surface area contributed by atoms with Gasteiger partial charge in [-0.2, -0.15) is 0 Å². The molecule has 0 spiro atoms. The van der Waals surface area contributed by atoms with E-state index in [2.05, 4.69) is 99.9 Å². The van der Waals surface area contributed by atoms with Crippen molar-refractivity contribution < 1.29 is 10.2 Å². The van der Waals surface area contributed by atoms with E-state index in [4.69, 9.17) is 9.98 Å². The third kappa shape index (κ3) is 9.58. The number of nitrogens with zero attached hydrogens (tertiary/aromatic N) is 4. The van der Waals surface area contributed by atoms with E-state index in [0.717, 1.165) is 84.0 Å². The van der Waals surface area contributed by atoms with Gasteiger partial charge in [-0.1, -0.05) is 90.8 Å². The zero-order chi connectivity index (χ0) is 36.9. The molecule has 0 aromatic heterocycles. The topological polar surface area (TPSA) is 71.7 Å². The molecule has 0 amide bonds. The van der Waals surface area contributed by atoms with Gasteiger partial charge in [0.1, 0.15) is 11.5 Å². The van der Waals surface area contributed by atoms with Gasteiger partial charge in [0, 0.05) is 47.8 Å². The highest BCUT2D eigenvalue weighted by molar-refractivity contribution is 5.87. The minimum atomic E-state index is -0.0370. The van der Waals surface area contributed by atoms with Crippen LogP contribution in [0.15, 0.2) is 82.8 Å². The van der Waals surface area contributed by atoms with Gasteiger partial charge in [-0.05, 0) is 121 Å². The molecule has 6 nitrogen and oxygen atoms in total. The molecule has 4 aromatic carbocycles. The van der Waals surface area contributed by atoms with Crippen molar-refractivity contribution in [3.05, 3.63) is 106 Å². The van der Waals surface area contributed by atoms with Gasteiger partial charge in [-0.3, -0.25) is 19.8 Å². The molecule has 0 unspecified atom stereocenters. The predicted molar refractivity (Wildman–Crippen MR) is 218 cm³/mol. The van der Waals surface area contributed by atoms with Crippen LogP contribution >= 0.6 is 0 Å². The standard InChI is InChI=1S/C46H58N4O2/c1-45(2,3)39-25-35(43(51)37(27-39)31-49-21-9-7-10-22-49)29-47-41-17-13-33(14-18-41)34-15-19-42(20-16-34)48-30-36-26-40(46(4,5)6)28-38(44(36)52)32-50-23-11-8-12-24-50/h13-20,25-30,51-52H,7-12,21-24,31-32H2,1-6H3. The third-order valence-electron chi connectivity index (χ3n) is 10.6. The first-order valence-corrected chi connectivity index (χ1v) is 19.3. The number of benzene rings is 4. The summed E-state index contributed by atoms with van der Waals surface area (Å²) < 4.78 is 0. The Hall–Kier alpha value is -4.26. The molecular formula is C46H58N4O2. The highest BCUT2D eigenvalue weighted by atomic mass is 16.3. The summed E-state index contributed by atoms with van der Waals surface area (Å²) in [6, 6.07) is 24.9. The van der Waals surface area contributed by atoms with E-state index in [0.29, 0.717) is 11.5 Å². The Morgan fingerprint density at radius 2 is 0.865 bits per heavy atom. The van der Waals surface area contributed by atoms with Gasteiger partial charge in [-0.25, -0.2) is 0 Å². The quantitative estimate of drug-likeness (QED) is 0.171. The predicted octanol–water partition coefficient (Wildman–Crippen LogP) is 10.8. The van der Waals surface area contributed by atoms with Crippen LogP contribution in [0.2, 0.25) is 0 Å². The molecule has 6 rings (SSSR count). The summed E-state index contributed by atoms with van der Waals surface area (Å²) in [5, 5.41) is 22.6. The van der Waals surface area contributed by atoms with Gasteiger partial charge in [0.15, 0.2) is 0 Å². The van der Waals surface area contributed by atoms with Crippen LogP contribution in [0.3, 0.4) is 0 Å². The number of phenolic OH excluding ortho intramolecular Hbond substituents is 2. The van der Waals surface area contributed by atoms with E-state index in [9.17, 15) is 10.2 Å². The first-order chi connectivity index (χ1) is 24.8. The molecule has 2 aliphatic heterocycles. The molecule has 52 heavy (non-hydrogen) atoms. The molecule has 6 heteroatoms. The van der Waals surface area contributed by atoms with Gasteiger partial charge in [0.05, 0.1) is 11.4 Å². The summed E-state index contributed by atoms with van der Waals surface area (Å²) in [6.07, 6.45) is 11.1. The number of likely N-dealkylation sites (tertiary alicyclic amines) is 2. The average Bonchev–Trinajstić information content (AvgIpc) is 3.12. The van der Waals surface area contributed by atoms with Crippen LogP contribution < -0.4 is 0 Å². The summed E-state index contributed by atoms with van der Waals surface area (Å²) in [7, 11) is 0. The monoisotopic (exact) mass is 698 g/mol. The van der Waals surface area contributed by atoms with Gasteiger partial charge in [0.2, 0.25) is 0 Å². The average molecular weight is 699 g/mol. The van der Waals surface area contributed by atoms with Gasteiger partial charge in [-0.15, -0.1) is 0 Å². The van der Waals surface area contributed by atoms with Crippen LogP contribution in [0.4, 0.5) is 11.4 Å². The maximum absolute atomic E-state index is 11.3. The lowest BCUT2D eigenvalue weighted by Gasteiger charge is -2.28. The smallest absolute Gasteiger partial charge is 0.128 e. The maximum atomic E-state index is 11.3. The molecule has 0 saturated carbocycles. The van der Waals surface area contributed by atoms with Crippen molar-refractivity contribution in [2.24, 2.45) is 9.98 Å². The van der Waals surface area contributed by atoms with E-state index < -0.39 is 0 Å². The van der Waals surface area contributed by atoms with Gasteiger partial charge < -0.3 is 10.2 Å². The minimum absolute atomic E-state index is 0.0370. The number of aliphatic imine (C=N–C) groups is 2. The molecule has 2 heterocycles. The molecule has 2 saturated heterocycles. The number of phenols is 2. The summed E-state index contributed by atoms with van der Waals surface area (Å²) in [4.78, 5) is 14.5. The normalized spacial score (nSPS) is 16.7. The van der Waals surface area contributed by atoms with Gasteiger partial charge >= 0.3 is 0 Å². The Morgan fingerprint density at radius 1 is 0.519 bits per heavy atom. The second-order valence-corrected chi connectivity index (χ2v) is 16.9. The van der Waals surface area contributed by atoms with Crippen molar-refractivity contribution >= 4 is 23.8 Å². The molecule has 2 aliphatic rings. The van der Waals surface area contributed by atoms with E-state index in [1.807, 2.05) is 24.3 Å². The number of rotatable bonds is 9. The zero-order valence-corrected chi connectivity index (χ0v) is 32.3. The fourth-order valence-corrected chi connectivity index (χ4v) is 7.23. The molecule has 0 radical (unpaired) electrons. The molecule has 2 fully saturated rings. The van der Waals surface area contributed by atoms with Crippen LogP contribution in [-0.2, 0) is 23.9 Å². The van der Waals surface area contributed by atoms with E-state index in [1.54, 1.807) is 12.4 Å². The first-order valence-electron chi connectivity index (χ1n) is 19.3. The van der Waals surface area contributed by atoms with Crippen LogP contribution in [0.1, 0.15) is 113 Å². The van der Waals surface area contributed by atoms with Crippen molar-refractivity contribution in [1.82, 2.24) is 9.80 Å². The molecule has 0 atom stereocenters. The van der Waals surface area contributed by atoms with E-state index in [-0.39, 0.29) is 10.8 Å². The fraction of sp³-hybridized carbons (Fsp3) is 0.435. The lowest BCUT2D eigenvalue weighted by atomic mass is 9.84. The Kier molecular flexibility index (Phi) is 11.7. The second-order valence-electron chi connectivity index (χ2n) is 16.9. The largest absolute Gasteiger partial charge is 0.507 e. The Balaban J connectivity index is 1.16. The van der Waals surface area contributed by atoms with Crippen LogP contribution in [0, 0.1) is 0 Å². The number of hydrogen-bond acceptors (Lipinski definition) is 6. The fourth-order valence-electron chi connectivity index (χ4n) is 7.23. The van der Waals surface area contributed by atoms with Crippen LogP contribution in [-0.4, -0.2) is 58.6 Å². The van der Waals surface area contributed by atoms with Gasteiger partial charge in [0.25, 0.3) is 0 Å². The summed E-state index contributed by atoms with van der Waals surface area (Å²) in [5.74, 6) is 0.661. The van der Waals surface area contributed by atoms with Crippen molar-refractivity contribution in [3.63, 3.8) is 0 Å². The third-order valence-corrected chi connectivity index (χ3v) is 10.6. The highest BCUT2D eigenvalue weighted by Crippen LogP contribution is 2.34. The van der Waals surface area contributed by atoms with Crippen LogP contribution in [0.5, 0.6) is 11.5 Å². The Morgan fingerprint density at radius 3 is 1.19 bits per heavy atom. The maximum Gasteiger partial charge on any atom is 0.128 e. The summed E-state index contributed by atoms with van der Waals surface area (Å²) in [6.45, 7) is 19.2. The molecule has 0 bridgehead atoms. The highest BCUT2D eigenvalue weighted by Gasteiger charge is 2.22. The van der Waals surface area contributed by atoms with Crippen LogP contribution in [0.25, 0.3) is 11.1 Å². The van der Waals surface area contributed by atoms with Crippen molar-refractivity contribution in [2.75, 3.05) is 26.2 Å². The molecule has 274 valence electrons. The minimum Gasteiger partial charge on any atom is -0.507 e. The van der Waals surface area contributed by atoms with Crippen molar-refractivity contribution in [2.45, 2.75) is 104 Å². The Labute approximate surface area is 312 Å². The molecule has 2 N–H and O–H groups in total. The van der Waals surface area contributed by atoms with Crippen molar-refractivity contribution in [1.29, 1.82) is 0 Å². The van der Waals surface area contributed by atoms with E-state index >= 15 is 0 Å². The zero-order valence-electron chi connectivity index (χ0n) is 32.3. The lowest BCUT2D eigenvalue weighted by molar-refractivity contribution is 0.218. The number of piperidine rings is 2. The molecule has 0 aliphatic carbocycles. The van der Waals surface area contributed by atoms with Crippen molar-refractivity contribution in [3.8, 4) is 22.6 Å². The Bertz CT molecular complexity index is 1730. The summed E-state index contributed by atoms with van der Waals surface area (Å²) >= 11 is 0. The first kappa shape index (κ1) is 37.5.